The maximum atomic E-state index is 12.2. The number of furan rings is 1. The number of carbonyl (C=O) groups excluding carboxylic acids is 1. The monoisotopic (exact) mass is 311 g/mol. The number of nitrogens with zero attached hydrogens (tertiary/aromatic N) is 2. The van der Waals surface area contributed by atoms with Gasteiger partial charge in [0.25, 0.3) is 5.91 Å². The van der Waals surface area contributed by atoms with E-state index in [2.05, 4.69) is 10.3 Å². The number of hydrogen-bond donors (Lipinski definition) is 1. The molecule has 6 nitrogen and oxygen atoms in total. The molecule has 0 unspecified atom stereocenters. The Balaban J connectivity index is 1.69. The van der Waals surface area contributed by atoms with E-state index in [1.54, 1.807) is 31.8 Å². The number of rotatable bonds is 6. The molecule has 6 heteroatoms. The first-order valence-corrected chi connectivity index (χ1v) is 7.20. The molecule has 0 saturated heterocycles. The van der Waals surface area contributed by atoms with Crippen LogP contribution in [0.4, 0.5) is 0 Å². The molecule has 3 aromatic rings. The van der Waals surface area contributed by atoms with Crippen molar-refractivity contribution in [2.24, 2.45) is 0 Å². The molecule has 23 heavy (non-hydrogen) atoms. The molecule has 0 aliphatic rings. The average molecular weight is 311 g/mol. The van der Waals surface area contributed by atoms with E-state index in [1.807, 2.05) is 35.0 Å². The first-order valence-electron chi connectivity index (χ1n) is 7.20. The number of methoxy groups -OCH3 is 1. The van der Waals surface area contributed by atoms with Gasteiger partial charge in [0.05, 0.1) is 12.0 Å². The highest BCUT2D eigenvalue weighted by Crippen LogP contribution is 2.14. The van der Waals surface area contributed by atoms with Crippen LogP contribution in [-0.4, -0.2) is 22.6 Å². The fraction of sp³-hybridized carbons (Fsp3) is 0.176. The molecule has 0 bridgehead atoms. The lowest BCUT2D eigenvalue weighted by Gasteiger charge is -2.10. The van der Waals surface area contributed by atoms with E-state index in [0.29, 0.717) is 18.9 Å². The predicted molar refractivity (Wildman–Crippen MR) is 84.2 cm³/mol. The fourth-order valence-electron chi connectivity index (χ4n) is 2.30. The molecule has 1 amide bonds. The molecule has 2 aromatic heterocycles. The minimum atomic E-state index is -0.257. The minimum Gasteiger partial charge on any atom is -0.453 e. The Morgan fingerprint density at radius 1 is 1.30 bits per heavy atom. The minimum absolute atomic E-state index is 0.257. The van der Waals surface area contributed by atoms with Crippen LogP contribution in [0, 0.1) is 0 Å². The molecule has 118 valence electrons. The van der Waals surface area contributed by atoms with E-state index in [-0.39, 0.29) is 11.7 Å². The normalized spacial score (nSPS) is 10.7. The zero-order valence-electron chi connectivity index (χ0n) is 12.7. The lowest BCUT2D eigenvalue weighted by atomic mass is 10.1. The third kappa shape index (κ3) is 3.49. The fourth-order valence-corrected chi connectivity index (χ4v) is 2.30. The summed E-state index contributed by atoms with van der Waals surface area (Å²) in [6.07, 6.45) is 5.31. The summed E-state index contributed by atoms with van der Waals surface area (Å²) in [6.45, 7) is 0.740. The maximum Gasteiger partial charge on any atom is 0.287 e. The van der Waals surface area contributed by atoms with Crippen molar-refractivity contribution in [3.05, 3.63) is 72.2 Å². The molecule has 0 aliphatic carbocycles. The summed E-state index contributed by atoms with van der Waals surface area (Å²) >= 11 is 0. The highest BCUT2D eigenvalue weighted by atomic mass is 16.5. The molecule has 3 rings (SSSR count). The molecule has 1 aromatic carbocycles. The topological polar surface area (TPSA) is 69.3 Å². The van der Waals surface area contributed by atoms with Gasteiger partial charge in [-0.25, -0.2) is 4.98 Å². The highest BCUT2D eigenvalue weighted by Gasteiger charge is 2.12. The lowest BCUT2D eigenvalue weighted by molar-refractivity contribution is 0.0914. The van der Waals surface area contributed by atoms with Gasteiger partial charge >= 0.3 is 0 Å². The number of amides is 1. The summed E-state index contributed by atoms with van der Waals surface area (Å²) in [4.78, 5) is 16.2. The Labute approximate surface area is 133 Å². The molecule has 0 saturated carbocycles. The van der Waals surface area contributed by atoms with Crippen LogP contribution in [0.5, 0.6) is 0 Å². The molecular formula is C17H17N3O3. The van der Waals surface area contributed by atoms with E-state index in [0.717, 1.165) is 11.3 Å². The number of nitrogens with one attached hydrogen (secondary N) is 1. The molecule has 0 atom stereocenters. The van der Waals surface area contributed by atoms with Gasteiger partial charge in [0.15, 0.2) is 5.76 Å². The summed E-state index contributed by atoms with van der Waals surface area (Å²) in [7, 11) is 1.58. The first-order chi connectivity index (χ1) is 11.3. The van der Waals surface area contributed by atoms with Crippen molar-refractivity contribution >= 4 is 5.91 Å². The molecule has 0 aliphatic heterocycles. The van der Waals surface area contributed by atoms with Crippen molar-refractivity contribution in [3.63, 3.8) is 0 Å². The summed E-state index contributed by atoms with van der Waals surface area (Å²) in [5.41, 5.74) is 1.97. The van der Waals surface area contributed by atoms with Crippen molar-refractivity contribution in [1.29, 1.82) is 0 Å². The number of benzene rings is 1. The van der Waals surface area contributed by atoms with Gasteiger partial charge in [0.1, 0.15) is 12.4 Å². The lowest BCUT2D eigenvalue weighted by Crippen LogP contribution is -2.23. The number of ether oxygens (including phenoxy) is 1. The Morgan fingerprint density at radius 3 is 2.96 bits per heavy atom. The van der Waals surface area contributed by atoms with Crippen molar-refractivity contribution < 1.29 is 13.9 Å². The second-order valence-corrected chi connectivity index (χ2v) is 4.98. The third-order valence-electron chi connectivity index (χ3n) is 3.39. The maximum absolute atomic E-state index is 12.2. The van der Waals surface area contributed by atoms with Crippen molar-refractivity contribution in [3.8, 4) is 5.69 Å². The zero-order valence-corrected chi connectivity index (χ0v) is 12.7. The standard InChI is InChI=1S/C17H17N3O3/c1-22-11-14-6-7-16(23-14)17(21)19-10-13-4-2-3-5-15(13)20-9-8-18-12-20/h2-9,12H,10-11H2,1H3,(H,19,21). The Hall–Kier alpha value is -2.86. The molecular weight excluding hydrogens is 294 g/mol. The molecule has 2 heterocycles. The largest absolute Gasteiger partial charge is 0.453 e. The first kappa shape index (κ1) is 15.1. The SMILES string of the molecule is COCc1ccc(C(=O)NCc2ccccc2-n2ccnc2)o1. The van der Waals surface area contributed by atoms with E-state index in [4.69, 9.17) is 9.15 Å². The Bertz CT molecular complexity index is 778. The average Bonchev–Trinajstić information content (AvgIpc) is 3.25. The van der Waals surface area contributed by atoms with E-state index < -0.39 is 0 Å². The van der Waals surface area contributed by atoms with Gasteiger partial charge in [-0.1, -0.05) is 18.2 Å². The van der Waals surface area contributed by atoms with Crippen LogP contribution in [0.15, 0.2) is 59.5 Å². The van der Waals surface area contributed by atoms with Gasteiger partial charge in [-0.05, 0) is 23.8 Å². The molecule has 0 fully saturated rings. The van der Waals surface area contributed by atoms with Crippen LogP contribution in [0.3, 0.4) is 0 Å². The number of aromatic nitrogens is 2. The van der Waals surface area contributed by atoms with Crippen molar-refractivity contribution in [1.82, 2.24) is 14.9 Å². The highest BCUT2D eigenvalue weighted by molar-refractivity contribution is 5.91. The van der Waals surface area contributed by atoms with E-state index in [9.17, 15) is 4.79 Å². The van der Waals surface area contributed by atoms with Gasteiger partial charge in [0.2, 0.25) is 0 Å². The van der Waals surface area contributed by atoms with Gasteiger partial charge in [-0.3, -0.25) is 4.79 Å². The Morgan fingerprint density at radius 2 is 2.17 bits per heavy atom. The van der Waals surface area contributed by atoms with Crippen LogP contribution >= 0.6 is 0 Å². The van der Waals surface area contributed by atoms with Crippen LogP contribution in [0.2, 0.25) is 0 Å². The molecule has 0 radical (unpaired) electrons. The number of para-hydroxylation sites is 1. The van der Waals surface area contributed by atoms with Gasteiger partial charge in [-0.2, -0.15) is 0 Å². The summed E-state index contributed by atoms with van der Waals surface area (Å²) in [6, 6.07) is 11.2. The second kappa shape index (κ2) is 6.93. The van der Waals surface area contributed by atoms with Crippen LogP contribution in [0.25, 0.3) is 5.69 Å². The summed E-state index contributed by atoms with van der Waals surface area (Å²) in [5, 5.41) is 2.87. The van der Waals surface area contributed by atoms with E-state index in [1.165, 1.54) is 0 Å². The van der Waals surface area contributed by atoms with E-state index >= 15 is 0 Å². The van der Waals surface area contributed by atoms with Crippen molar-refractivity contribution in [2.45, 2.75) is 13.2 Å². The van der Waals surface area contributed by atoms with Gasteiger partial charge in [0, 0.05) is 26.0 Å². The third-order valence-corrected chi connectivity index (χ3v) is 3.39. The van der Waals surface area contributed by atoms with Crippen LogP contribution < -0.4 is 5.32 Å². The van der Waals surface area contributed by atoms with Gasteiger partial charge in [-0.15, -0.1) is 0 Å². The number of imidazole rings is 1. The number of carbonyl (C=O) groups is 1. The summed E-state index contributed by atoms with van der Waals surface area (Å²) in [5.74, 6) is 0.640. The summed E-state index contributed by atoms with van der Waals surface area (Å²) < 4.78 is 12.3. The van der Waals surface area contributed by atoms with Crippen LogP contribution in [0.1, 0.15) is 21.9 Å². The smallest absolute Gasteiger partial charge is 0.287 e. The molecule has 1 N–H and O–H groups in total. The quantitative estimate of drug-likeness (QED) is 0.759. The van der Waals surface area contributed by atoms with Crippen LogP contribution in [-0.2, 0) is 17.9 Å². The predicted octanol–water partition coefficient (Wildman–Crippen LogP) is 2.54. The molecule has 0 spiro atoms. The Kier molecular flexibility index (Phi) is 4.54. The van der Waals surface area contributed by atoms with Crippen molar-refractivity contribution in [2.75, 3.05) is 7.11 Å². The van der Waals surface area contributed by atoms with Gasteiger partial charge < -0.3 is 19.0 Å². The second-order valence-electron chi connectivity index (χ2n) is 4.98. The number of hydrogen-bond acceptors (Lipinski definition) is 4. The zero-order chi connectivity index (χ0) is 16.1.